The van der Waals surface area contributed by atoms with Crippen molar-refractivity contribution in [3.05, 3.63) is 11.8 Å². The van der Waals surface area contributed by atoms with Crippen molar-refractivity contribution in [1.82, 2.24) is 14.7 Å². The van der Waals surface area contributed by atoms with E-state index in [-0.39, 0.29) is 6.10 Å². The molecule has 2 aliphatic carbocycles. The lowest BCUT2D eigenvalue weighted by Crippen LogP contribution is -2.55. The molecule has 1 saturated carbocycles. The highest BCUT2D eigenvalue weighted by atomic mass is 16.3. The number of aliphatic hydroxyl groups excluding tert-OH is 1. The average molecular weight is 335 g/mol. The minimum atomic E-state index is -0.288. The minimum absolute atomic E-state index is 0.288. The van der Waals surface area contributed by atoms with E-state index < -0.39 is 0 Å². The van der Waals surface area contributed by atoms with E-state index in [0.717, 1.165) is 39.0 Å². The smallest absolute Gasteiger partial charge is 0.241 e. The van der Waals surface area contributed by atoms with Gasteiger partial charge in [0, 0.05) is 44.0 Å². The number of nitrogens with zero attached hydrogens (tertiary/aromatic N) is 3. The number of carbonyl (C=O) groups excluding carboxylic acids is 1. The predicted molar refractivity (Wildman–Crippen MR) is 95.6 cm³/mol. The fourth-order valence-electron chi connectivity index (χ4n) is 4.06. The molecule has 2 atom stereocenters. The first-order chi connectivity index (χ1) is 11.5. The molecule has 0 aromatic carbocycles. The lowest BCUT2D eigenvalue weighted by atomic mass is 10.0. The SMILES string of the molecule is C[C@H](O)CN1CCN(CC(=O)N(C2=CCCCC2)C2CC2)C[C@@H]1C. The van der Waals surface area contributed by atoms with Crippen LogP contribution in [-0.4, -0.2) is 76.6 Å². The van der Waals surface area contributed by atoms with Crippen LogP contribution in [0.3, 0.4) is 0 Å². The molecule has 0 aromatic rings. The van der Waals surface area contributed by atoms with E-state index in [0.29, 0.717) is 24.5 Å². The summed E-state index contributed by atoms with van der Waals surface area (Å²) >= 11 is 0. The predicted octanol–water partition coefficient (Wildman–Crippen LogP) is 1.82. The Morgan fingerprint density at radius 1 is 1.38 bits per heavy atom. The molecular weight excluding hydrogens is 302 g/mol. The van der Waals surface area contributed by atoms with Crippen molar-refractivity contribution in [1.29, 1.82) is 0 Å². The average Bonchev–Trinajstić information content (AvgIpc) is 3.36. The second-order valence-electron chi connectivity index (χ2n) is 7.86. The molecule has 24 heavy (non-hydrogen) atoms. The van der Waals surface area contributed by atoms with Crippen LogP contribution in [0.4, 0.5) is 0 Å². The van der Waals surface area contributed by atoms with Crippen LogP contribution in [0.5, 0.6) is 0 Å². The zero-order chi connectivity index (χ0) is 17.1. The van der Waals surface area contributed by atoms with Gasteiger partial charge in [0.25, 0.3) is 0 Å². The number of hydrogen-bond acceptors (Lipinski definition) is 4. The van der Waals surface area contributed by atoms with Gasteiger partial charge in [-0.15, -0.1) is 0 Å². The molecule has 3 aliphatic rings. The van der Waals surface area contributed by atoms with Gasteiger partial charge in [-0.2, -0.15) is 0 Å². The van der Waals surface area contributed by atoms with Crippen LogP contribution in [0.2, 0.25) is 0 Å². The lowest BCUT2D eigenvalue weighted by Gasteiger charge is -2.41. The number of rotatable bonds is 6. The summed E-state index contributed by atoms with van der Waals surface area (Å²) in [5, 5.41) is 9.60. The highest BCUT2D eigenvalue weighted by Crippen LogP contribution is 2.33. The molecule has 0 spiro atoms. The molecule has 1 amide bonds. The van der Waals surface area contributed by atoms with E-state index >= 15 is 0 Å². The molecule has 5 heteroatoms. The van der Waals surface area contributed by atoms with Gasteiger partial charge in [-0.05, 0) is 52.4 Å². The number of β-amino-alcohol motifs (C(OH)–C–C–N with tert-alkyl or cyclic N) is 1. The van der Waals surface area contributed by atoms with Crippen molar-refractivity contribution in [3.8, 4) is 0 Å². The van der Waals surface area contributed by atoms with E-state index in [9.17, 15) is 9.90 Å². The first-order valence-corrected chi connectivity index (χ1v) is 9.70. The summed E-state index contributed by atoms with van der Waals surface area (Å²) in [5.74, 6) is 0.293. The lowest BCUT2D eigenvalue weighted by molar-refractivity contribution is -0.132. The fraction of sp³-hybridized carbons (Fsp3) is 0.842. The summed E-state index contributed by atoms with van der Waals surface area (Å²) in [6, 6.07) is 0.861. The number of aliphatic hydroxyl groups is 1. The van der Waals surface area contributed by atoms with Crippen molar-refractivity contribution >= 4 is 5.91 Å². The van der Waals surface area contributed by atoms with Gasteiger partial charge >= 0.3 is 0 Å². The minimum Gasteiger partial charge on any atom is -0.392 e. The van der Waals surface area contributed by atoms with Gasteiger partial charge in [-0.1, -0.05) is 6.08 Å². The number of hydrogen-bond donors (Lipinski definition) is 1. The number of piperazine rings is 1. The molecule has 3 rings (SSSR count). The molecule has 0 aromatic heterocycles. The molecule has 136 valence electrons. The second-order valence-corrected chi connectivity index (χ2v) is 7.86. The molecule has 5 nitrogen and oxygen atoms in total. The standard InChI is InChI=1S/C19H33N3O2/c1-15-12-20(10-11-21(15)13-16(2)23)14-19(24)22(18-8-9-18)17-6-4-3-5-7-17/h6,15-16,18,23H,3-5,7-14H2,1-2H3/t15-,16-/m0/s1. The van der Waals surface area contributed by atoms with E-state index in [1.807, 2.05) is 6.92 Å². The van der Waals surface area contributed by atoms with Crippen molar-refractivity contribution in [2.75, 3.05) is 32.7 Å². The summed E-state index contributed by atoms with van der Waals surface area (Å²) in [5.41, 5.74) is 1.29. The van der Waals surface area contributed by atoms with Gasteiger partial charge in [-0.3, -0.25) is 14.6 Å². The van der Waals surface area contributed by atoms with Crippen LogP contribution in [0, 0.1) is 0 Å². The highest BCUT2D eigenvalue weighted by Gasteiger charge is 2.36. The maximum atomic E-state index is 12.9. The quantitative estimate of drug-likeness (QED) is 0.804. The van der Waals surface area contributed by atoms with E-state index in [1.165, 1.54) is 31.4 Å². The summed E-state index contributed by atoms with van der Waals surface area (Å²) in [4.78, 5) is 19.7. The van der Waals surface area contributed by atoms with Crippen LogP contribution < -0.4 is 0 Å². The first kappa shape index (κ1) is 17.9. The Hall–Kier alpha value is -0.910. The van der Waals surface area contributed by atoms with Gasteiger partial charge in [0.05, 0.1) is 12.6 Å². The third-order valence-electron chi connectivity index (χ3n) is 5.46. The van der Waals surface area contributed by atoms with Crippen molar-refractivity contribution in [2.24, 2.45) is 0 Å². The topological polar surface area (TPSA) is 47.0 Å². The highest BCUT2D eigenvalue weighted by molar-refractivity contribution is 5.80. The Bertz CT molecular complexity index is 473. The largest absolute Gasteiger partial charge is 0.392 e. The monoisotopic (exact) mass is 335 g/mol. The number of carbonyl (C=O) groups is 1. The van der Waals surface area contributed by atoms with Gasteiger partial charge in [0.1, 0.15) is 0 Å². The number of allylic oxidation sites excluding steroid dienone is 2. The summed E-state index contributed by atoms with van der Waals surface area (Å²) in [7, 11) is 0. The molecule has 0 unspecified atom stereocenters. The third-order valence-corrected chi connectivity index (χ3v) is 5.46. The molecule has 1 N–H and O–H groups in total. The van der Waals surface area contributed by atoms with Crippen LogP contribution in [0.1, 0.15) is 52.4 Å². The number of amides is 1. The van der Waals surface area contributed by atoms with Gasteiger partial charge in [0.15, 0.2) is 0 Å². The molecule has 1 aliphatic heterocycles. The fourth-order valence-corrected chi connectivity index (χ4v) is 4.06. The molecule has 0 bridgehead atoms. The van der Waals surface area contributed by atoms with Crippen LogP contribution in [0.25, 0.3) is 0 Å². The normalized spacial score (nSPS) is 27.6. The van der Waals surface area contributed by atoms with Crippen LogP contribution in [-0.2, 0) is 4.79 Å². The zero-order valence-electron chi connectivity index (χ0n) is 15.3. The van der Waals surface area contributed by atoms with Gasteiger partial charge in [0.2, 0.25) is 5.91 Å². The van der Waals surface area contributed by atoms with Crippen molar-refractivity contribution in [2.45, 2.75) is 70.6 Å². The first-order valence-electron chi connectivity index (χ1n) is 9.70. The summed E-state index contributed by atoms with van der Waals surface area (Å²) < 4.78 is 0. The van der Waals surface area contributed by atoms with Crippen LogP contribution in [0.15, 0.2) is 11.8 Å². The molecular formula is C19H33N3O2. The second kappa shape index (κ2) is 7.98. The van der Waals surface area contributed by atoms with Gasteiger partial charge < -0.3 is 10.0 Å². The Kier molecular flexibility index (Phi) is 5.95. The van der Waals surface area contributed by atoms with E-state index in [2.05, 4.69) is 27.7 Å². The molecule has 2 fully saturated rings. The van der Waals surface area contributed by atoms with Gasteiger partial charge in [-0.25, -0.2) is 0 Å². The summed E-state index contributed by atoms with van der Waals surface area (Å²) in [6.45, 7) is 8.07. The summed E-state index contributed by atoms with van der Waals surface area (Å²) in [6.07, 6.45) is 9.02. The molecule has 1 saturated heterocycles. The molecule has 0 radical (unpaired) electrons. The van der Waals surface area contributed by atoms with E-state index in [4.69, 9.17) is 0 Å². The van der Waals surface area contributed by atoms with E-state index in [1.54, 1.807) is 0 Å². The Balaban J connectivity index is 1.55. The molecule has 1 heterocycles. The third kappa shape index (κ3) is 4.58. The Morgan fingerprint density at radius 3 is 2.75 bits per heavy atom. The maximum absolute atomic E-state index is 12.9. The zero-order valence-corrected chi connectivity index (χ0v) is 15.3. The van der Waals surface area contributed by atoms with Crippen molar-refractivity contribution in [3.63, 3.8) is 0 Å². The Morgan fingerprint density at radius 2 is 2.17 bits per heavy atom. The van der Waals surface area contributed by atoms with Crippen molar-refractivity contribution < 1.29 is 9.90 Å². The Labute approximate surface area is 146 Å². The van der Waals surface area contributed by atoms with Crippen LogP contribution >= 0.6 is 0 Å². The maximum Gasteiger partial charge on any atom is 0.241 e.